The van der Waals surface area contributed by atoms with E-state index in [1.54, 1.807) is 0 Å². The van der Waals surface area contributed by atoms with Crippen molar-refractivity contribution in [2.75, 3.05) is 6.54 Å². The molecule has 2 aromatic rings. The van der Waals surface area contributed by atoms with Crippen LogP contribution in [0.25, 0.3) is 0 Å². The van der Waals surface area contributed by atoms with Crippen molar-refractivity contribution in [2.45, 2.75) is 39.8 Å². The highest BCUT2D eigenvalue weighted by atomic mass is 15.2. The second-order valence-electron chi connectivity index (χ2n) is 5.97. The number of hydrogen-bond donors (Lipinski definition) is 2. The summed E-state index contributed by atoms with van der Waals surface area (Å²) in [5, 5.41) is 6.83. The number of guanidine groups is 1. The number of rotatable bonds is 7. The molecular weight excluding hydrogens is 284 g/mol. The third kappa shape index (κ3) is 6.19. The van der Waals surface area contributed by atoms with Gasteiger partial charge in [-0.3, -0.25) is 0 Å². The van der Waals surface area contributed by atoms with Crippen LogP contribution >= 0.6 is 0 Å². The molecule has 1 aromatic heterocycles. The fourth-order valence-electron chi connectivity index (χ4n) is 2.27. The molecule has 1 aromatic carbocycles. The van der Waals surface area contributed by atoms with E-state index in [9.17, 15) is 0 Å². The van der Waals surface area contributed by atoms with E-state index in [0.717, 1.165) is 25.5 Å². The predicted molar refractivity (Wildman–Crippen MR) is 97.5 cm³/mol. The Morgan fingerprint density at radius 1 is 1.09 bits per heavy atom. The predicted octanol–water partition coefficient (Wildman–Crippen LogP) is 3.37. The third-order valence-electron chi connectivity index (χ3n) is 3.72. The van der Waals surface area contributed by atoms with Gasteiger partial charge in [-0.15, -0.1) is 0 Å². The van der Waals surface area contributed by atoms with Gasteiger partial charge in [-0.25, -0.2) is 4.99 Å². The van der Waals surface area contributed by atoms with Crippen molar-refractivity contribution in [3.05, 3.63) is 59.4 Å². The molecule has 0 atom stereocenters. The number of nitrogens with zero attached hydrogens (tertiary/aromatic N) is 2. The second-order valence-corrected chi connectivity index (χ2v) is 5.97. The zero-order chi connectivity index (χ0) is 16.5. The lowest BCUT2D eigenvalue weighted by Crippen LogP contribution is -2.37. The van der Waals surface area contributed by atoms with E-state index in [0.29, 0.717) is 6.54 Å². The quantitative estimate of drug-likeness (QED) is 0.467. The Labute approximate surface area is 139 Å². The van der Waals surface area contributed by atoms with E-state index in [2.05, 4.69) is 71.8 Å². The van der Waals surface area contributed by atoms with Crippen LogP contribution in [0.5, 0.6) is 0 Å². The largest absolute Gasteiger partial charge is 0.357 e. The fourth-order valence-corrected chi connectivity index (χ4v) is 2.27. The first-order valence-electron chi connectivity index (χ1n) is 8.36. The summed E-state index contributed by atoms with van der Waals surface area (Å²) in [4.78, 5) is 4.69. The van der Waals surface area contributed by atoms with Crippen LogP contribution in [-0.4, -0.2) is 17.1 Å². The minimum absolute atomic E-state index is 0.691. The number of aryl methyl sites for hydroxylation is 2. The Kier molecular flexibility index (Phi) is 6.73. The van der Waals surface area contributed by atoms with Crippen molar-refractivity contribution in [1.29, 1.82) is 0 Å². The third-order valence-corrected chi connectivity index (χ3v) is 3.72. The van der Waals surface area contributed by atoms with Crippen molar-refractivity contribution >= 4 is 5.96 Å². The van der Waals surface area contributed by atoms with Gasteiger partial charge < -0.3 is 15.2 Å². The van der Waals surface area contributed by atoms with Gasteiger partial charge in [-0.1, -0.05) is 43.2 Å². The van der Waals surface area contributed by atoms with Crippen LogP contribution in [0.15, 0.2) is 47.7 Å². The standard InChI is InChI=1S/C19H28N4/c1-4-5-11-20-19(22-14-18-10-12-23(3)15-18)21-13-17-8-6-16(2)7-9-17/h6-10,12,15H,4-5,11,13-14H2,1-3H3,(H2,20,21,22). The smallest absolute Gasteiger partial charge is 0.191 e. The van der Waals surface area contributed by atoms with E-state index >= 15 is 0 Å². The Morgan fingerprint density at radius 3 is 2.52 bits per heavy atom. The summed E-state index contributed by atoms with van der Waals surface area (Å²) in [6.45, 7) is 6.73. The molecule has 2 rings (SSSR count). The summed E-state index contributed by atoms with van der Waals surface area (Å²) >= 11 is 0. The number of hydrogen-bond acceptors (Lipinski definition) is 1. The van der Waals surface area contributed by atoms with Crippen LogP contribution in [0.4, 0.5) is 0 Å². The molecule has 0 bridgehead atoms. The second kappa shape index (κ2) is 9.03. The molecule has 0 unspecified atom stereocenters. The van der Waals surface area contributed by atoms with Crippen molar-refractivity contribution < 1.29 is 0 Å². The van der Waals surface area contributed by atoms with E-state index < -0.39 is 0 Å². The highest BCUT2D eigenvalue weighted by Gasteiger charge is 2.00. The molecule has 124 valence electrons. The number of unbranched alkanes of at least 4 members (excludes halogenated alkanes) is 1. The maximum Gasteiger partial charge on any atom is 0.191 e. The molecule has 0 saturated heterocycles. The molecule has 0 spiro atoms. The Balaban J connectivity index is 1.93. The summed E-state index contributed by atoms with van der Waals surface area (Å²) in [5.41, 5.74) is 3.77. The molecule has 0 aliphatic heterocycles. The van der Waals surface area contributed by atoms with Crippen LogP contribution in [0.3, 0.4) is 0 Å². The lowest BCUT2D eigenvalue weighted by atomic mass is 10.1. The normalized spacial score (nSPS) is 11.5. The zero-order valence-electron chi connectivity index (χ0n) is 14.5. The zero-order valence-corrected chi connectivity index (χ0v) is 14.5. The van der Waals surface area contributed by atoms with Gasteiger partial charge in [0.05, 0.1) is 6.54 Å². The summed E-state index contributed by atoms with van der Waals surface area (Å²) in [6.07, 6.45) is 6.48. The lowest BCUT2D eigenvalue weighted by molar-refractivity contribution is 0.724. The Morgan fingerprint density at radius 2 is 1.87 bits per heavy atom. The molecular formula is C19H28N4. The summed E-state index contributed by atoms with van der Waals surface area (Å²) in [7, 11) is 2.03. The molecule has 0 saturated carbocycles. The monoisotopic (exact) mass is 312 g/mol. The highest BCUT2D eigenvalue weighted by molar-refractivity contribution is 5.79. The van der Waals surface area contributed by atoms with Gasteiger partial charge in [0.1, 0.15) is 0 Å². The van der Waals surface area contributed by atoms with E-state index in [1.165, 1.54) is 23.1 Å². The van der Waals surface area contributed by atoms with E-state index in [4.69, 9.17) is 4.99 Å². The Hall–Kier alpha value is -2.23. The van der Waals surface area contributed by atoms with E-state index in [1.807, 2.05) is 7.05 Å². The van der Waals surface area contributed by atoms with Gasteiger partial charge in [0.15, 0.2) is 5.96 Å². The molecule has 23 heavy (non-hydrogen) atoms. The maximum atomic E-state index is 4.69. The minimum Gasteiger partial charge on any atom is -0.357 e. The molecule has 4 heteroatoms. The first kappa shape index (κ1) is 17.1. The van der Waals surface area contributed by atoms with Crippen molar-refractivity contribution in [3.8, 4) is 0 Å². The van der Waals surface area contributed by atoms with Gasteiger partial charge >= 0.3 is 0 Å². The minimum atomic E-state index is 0.691. The van der Waals surface area contributed by atoms with Gasteiger partial charge in [0.2, 0.25) is 0 Å². The van der Waals surface area contributed by atoms with Gasteiger partial charge in [-0.05, 0) is 30.5 Å². The molecule has 0 amide bonds. The van der Waals surface area contributed by atoms with Crippen molar-refractivity contribution in [2.24, 2.45) is 12.0 Å². The SMILES string of the molecule is CCCCNC(=NCc1ccn(C)c1)NCc1ccc(C)cc1. The van der Waals surface area contributed by atoms with E-state index in [-0.39, 0.29) is 0 Å². The van der Waals surface area contributed by atoms with Gasteiger partial charge in [0.25, 0.3) is 0 Å². The van der Waals surface area contributed by atoms with Crippen molar-refractivity contribution in [1.82, 2.24) is 15.2 Å². The Bertz CT molecular complexity index is 611. The number of benzene rings is 1. The lowest BCUT2D eigenvalue weighted by Gasteiger charge is -2.12. The molecule has 0 aliphatic rings. The molecule has 1 heterocycles. The molecule has 4 nitrogen and oxygen atoms in total. The topological polar surface area (TPSA) is 41.4 Å². The summed E-state index contributed by atoms with van der Waals surface area (Å²) < 4.78 is 2.05. The van der Waals surface area contributed by atoms with Crippen LogP contribution in [0.2, 0.25) is 0 Å². The number of aromatic nitrogens is 1. The van der Waals surface area contributed by atoms with Crippen LogP contribution in [0, 0.1) is 6.92 Å². The van der Waals surface area contributed by atoms with Crippen LogP contribution in [0.1, 0.15) is 36.5 Å². The highest BCUT2D eigenvalue weighted by Crippen LogP contribution is 2.03. The average molecular weight is 312 g/mol. The fraction of sp³-hybridized carbons (Fsp3) is 0.421. The molecule has 0 radical (unpaired) electrons. The first-order chi connectivity index (χ1) is 11.2. The van der Waals surface area contributed by atoms with Crippen LogP contribution in [-0.2, 0) is 20.1 Å². The average Bonchev–Trinajstić information content (AvgIpc) is 2.96. The molecule has 2 N–H and O–H groups in total. The summed E-state index contributed by atoms with van der Waals surface area (Å²) in [5.74, 6) is 0.878. The number of nitrogens with one attached hydrogen (secondary N) is 2. The van der Waals surface area contributed by atoms with Gasteiger partial charge in [-0.2, -0.15) is 0 Å². The molecule has 0 fully saturated rings. The number of aliphatic imine (C=N–C) groups is 1. The first-order valence-corrected chi connectivity index (χ1v) is 8.36. The maximum absolute atomic E-state index is 4.69. The van der Waals surface area contributed by atoms with Crippen LogP contribution < -0.4 is 10.6 Å². The van der Waals surface area contributed by atoms with Crippen molar-refractivity contribution in [3.63, 3.8) is 0 Å². The van der Waals surface area contributed by atoms with Gasteiger partial charge in [0, 0.05) is 32.5 Å². The summed E-state index contributed by atoms with van der Waals surface area (Å²) in [6, 6.07) is 10.7. The molecule has 0 aliphatic carbocycles.